The second-order valence-corrected chi connectivity index (χ2v) is 3.00. The summed E-state index contributed by atoms with van der Waals surface area (Å²) in [6.07, 6.45) is 0.821. The van der Waals surface area contributed by atoms with Gasteiger partial charge >= 0.3 is 0 Å². The van der Waals surface area contributed by atoms with Crippen LogP contribution in [-0.2, 0) is 9.53 Å². The van der Waals surface area contributed by atoms with Crippen LogP contribution in [0.3, 0.4) is 0 Å². The van der Waals surface area contributed by atoms with Gasteiger partial charge in [-0.2, -0.15) is 5.10 Å². The third-order valence-electron chi connectivity index (χ3n) is 1.80. The molecular formula is C8H14N2O2. The van der Waals surface area contributed by atoms with Gasteiger partial charge in [0.15, 0.2) is 0 Å². The van der Waals surface area contributed by atoms with Crippen LogP contribution < -0.4 is 5.43 Å². The zero-order valence-corrected chi connectivity index (χ0v) is 7.46. The lowest BCUT2D eigenvalue weighted by atomic mass is 10.0. The van der Waals surface area contributed by atoms with E-state index in [4.69, 9.17) is 4.74 Å². The highest BCUT2D eigenvalue weighted by Crippen LogP contribution is 2.09. The Hall–Kier alpha value is -0.900. The van der Waals surface area contributed by atoms with Crippen molar-refractivity contribution >= 4 is 11.6 Å². The summed E-state index contributed by atoms with van der Waals surface area (Å²) in [5.74, 6) is 0.201. The van der Waals surface area contributed by atoms with E-state index in [1.807, 2.05) is 6.92 Å². The molecule has 0 aromatic carbocycles. The van der Waals surface area contributed by atoms with E-state index in [2.05, 4.69) is 10.5 Å². The van der Waals surface area contributed by atoms with E-state index in [1.165, 1.54) is 6.92 Å². The molecule has 1 aliphatic rings. The molecule has 12 heavy (non-hydrogen) atoms. The van der Waals surface area contributed by atoms with Crippen LogP contribution in [0, 0.1) is 5.92 Å². The molecule has 0 aromatic heterocycles. The zero-order chi connectivity index (χ0) is 8.97. The highest BCUT2D eigenvalue weighted by atomic mass is 16.5. The predicted molar refractivity (Wildman–Crippen MR) is 45.9 cm³/mol. The van der Waals surface area contributed by atoms with Gasteiger partial charge < -0.3 is 4.74 Å². The van der Waals surface area contributed by atoms with Crippen LogP contribution in [0.1, 0.15) is 20.3 Å². The SMILES string of the molecule is CC(=O)N/N=C1/CCOCC1C. The van der Waals surface area contributed by atoms with Crippen LogP contribution in [0.2, 0.25) is 0 Å². The molecule has 1 fully saturated rings. The van der Waals surface area contributed by atoms with E-state index < -0.39 is 0 Å². The normalized spacial score (nSPS) is 27.2. The van der Waals surface area contributed by atoms with Gasteiger partial charge in [-0.3, -0.25) is 4.79 Å². The molecule has 4 heteroatoms. The summed E-state index contributed by atoms with van der Waals surface area (Å²) >= 11 is 0. The standard InChI is InChI=1S/C8H14N2O2/c1-6-5-12-4-3-8(6)10-9-7(2)11/h6H,3-5H2,1-2H3,(H,9,11)/b10-8-. The van der Waals surface area contributed by atoms with Crippen molar-refractivity contribution in [3.63, 3.8) is 0 Å². The number of amides is 1. The Labute approximate surface area is 72.0 Å². The van der Waals surface area contributed by atoms with Crippen LogP contribution >= 0.6 is 0 Å². The first kappa shape index (κ1) is 9.19. The van der Waals surface area contributed by atoms with Crippen molar-refractivity contribution in [1.82, 2.24) is 5.43 Å². The quantitative estimate of drug-likeness (QED) is 0.584. The second kappa shape index (κ2) is 4.21. The van der Waals surface area contributed by atoms with Crippen molar-refractivity contribution < 1.29 is 9.53 Å². The summed E-state index contributed by atoms with van der Waals surface area (Å²) in [4.78, 5) is 10.5. The van der Waals surface area contributed by atoms with Gasteiger partial charge in [-0.25, -0.2) is 5.43 Å². The van der Waals surface area contributed by atoms with Crippen LogP contribution in [-0.4, -0.2) is 24.8 Å². The number of ether oxygens (including phenoxy) is 1. The third kappa shape index (κ3) is 2.62. The Bertz CT molecular complexity index is 201. The fourth-order valence-corrected chi connectivity index (χ4v) is 1.10. The molecule has 1 rings (SSSR count). The third-order valence-corrected chi connectivity index (χ3v) is 1.80. The van der Waals surface area contributed by atoms with Crippen molar-refractivity contribution in [1.29, 1.82) is 0 Å². The lowest BCUT2D eigenvalue weighted by molar-refractivity contribution is -0.118. The number of carbonyl (C=O) groups is 1. The Morgan fingerprint density at radius 2 is 2.50 bits per heavy atom. The summed E-state index contributed by atoms with van der Waals surface area (Å²) < 4.78 is 5.23. The molecule has 0 spiro atoms. The summed E-state index contributed by atoms with van der Waals surface area (Å²) in [7, 11) is 0. The minimum atomic E-state index is -0.124. The fourth-order valence-electron chi connectivity index (χ4n) is 1.10. The van der Waals surface area contributed by atoms with E-state index in [1.54, 1.807) is 0 Å². The first-order valence-corrected chi connectivity index (χ1v) is 4.11. The second-order valence-electron chi connectivity index (χ2n) is 3.00. The molecule has 1 N–H and O–H groups in total. The number of hydrogen-bond donors (Lipinski definition) is 1. The fraction of sp³-hybridized carbons (Fsp3) is 0.750. The van der Waals surface area contributed by atoms with Crippen LogP contribution in [0.4, 0.5) is 0 Å². The smallest absolute Gasteiger partial charge is 0.236 e. The maximum atomic E-state index is 10.5. The summed E-state index contributed by atoms with van der Waals surface area (Å²) in [6.45, 7) is 4.91. The first-order valence-electron chi connectivity index (χ1n) is 4.11. The molecule has 0 radical (unpaired) electrons. The summed E-state index contributed by atoms with van der Waals surface area (Å²) in [5, 5.41) is 4.00. The molecule has 1 amide bonds. The number of rotatable bonds is 1. The number of nitrogens with one attached hydrogen (secondary N) is 1. The van der Waals surface area contributed by atoms with Crippen molar-refractivity contribution in [2.45, 2.75) is 20.3 Å². The number of carbonyl (C=O) groups excluding carboxylic acids is 1. The molecule has 0 aromatic rings. The number of hydrogen-bond acceptors (Lipinski definition) is 3. The van der Waals surface area contributed by atoms with E-state index in [-0.39, 0.29) is 5.91 Å². The molecule has 4 nitrogen and oxygen atoms in total. The average Bonchev–Trinajstić information content (AvgIpc) is 2.03. The van der Waals surface area contributed by atoms with E-state index in [0.717, 1.165) is 12.1 Å². The average molecular weight is 170 g/mol. The van der Waals surface area contributed by atoms with Gasteiger partial charge in [0, 0.05) is 25.0 Å². The summed E-state index contributed by atoms with van der Waals surface area (Å²) in [6, 6.07) is 0. The monoisotopic (exact) mass is 170 g/mol. The number of nitrogens with zero attached hydrogens (tertiary/aromatic N) is 1. The highest BCUT2D eigenvalue weighted by molar-refractivity contribution is 5.88. The minimum absolute atomic E-state index is 0.124. The maximum Gasteiger partial charge on any atom is 0.236 e. The molecule has 0 aliphatic carbocycles. The molecule has 1 atom stereocenters. The largest absolute Gasteiger partial charge is 0.380 e. The van der Waals surface area contributed by atoms with Gasteiger partial charge in [0.1, 0.15) is 0 Å². The van der Waals surface area contributed by atoms with Crippen LogP contribution in [0.15, 0.2) is 5.10 Å². The summed E-state index contributed by atoms with van der Waals surface area (Å²) in [5.41, 5.74) is 3.46. The first-order chi connectivity index (χ1) is 5.70. The molecule has 0 bridgehead atoms. The molecule has 0 saturated carbocycles. The maximum absolute atomic E-state index is 10.5. The van der Waals surface area contributed by atoms with Crippen molar-refractivity contribution in [2.75, 3.05) is 13.2 Å². The molecular weight excluding hydrogens is 156 g/mol. The molecule has 1 aliphatic heterocycles. The Kier molecular flexibility index (Phi) is 3.22. The van der Waals surface area contributed by atoms with Gasteiger partial charge in [-0.15, -0.1) is 0 Å². The van der Waals surface area contributed by atoms with Crippen molar-refractivity contribution in [3.8, 4) is 0 Å². The van der Waals surface area contributed by atoms with E-state index in [9.17, 15) is 4.79 Å². The van der Waals surface area contributed by atoms with Gasteiger partial charge in [0.25, 0.3) is 0 Å². The van der Waals surface area contributed by atoms with Crippen molar-refractivity contribution in [2.24, 2.45) is 11.0 Å². The molecule has 1 unspecified atom stereocenters. The van der Waals surface area contributed by atoms with E-state index in [0.29, 0.717) is 19.1 Å². The van der Waals surface area contributed by atoms with Gasteiger partial charge in [0.05, 0.1) is 13.2 Å². The van der Waals surface area contributed by atoms with Gasteiger partial charge in [0.2, 0.25) is 5.91 Å². The van der Waals surface area contributed by atoms with Crippen molar-refractivity contribution in [3.05, 3.63) is 0 Å². The lowest BCUT2D eigenvalue weighted by Crippen LogP contribution is -2.28. The molecule has 1 heterocycles. The lowest BCUT2D eigenvalue weighted by Gasteiger charge is -2.20. The molecule has 68 valence electrons. The van der Waals surface area contributed by atoms with Gasteiger partial charge in [-0.1, -0.05) is 6.92 Å². The van der Waals surface area contributed by atoms with Crippen LogP contribution in [0.5, 0.6) is 0 Å². The van der Waals surface area contributed by atoms with Gasteiger partial charge in [-0.05, 0) is 0 Å². The van der Waals surface area contributed by atoms with E-state index >= 15 is 0 Å². The predicted octanol–water partition coefficient (Wildman–Crippen LogP) is 0.535. The minimum Gasteiger partial charge on any atom is -0.380 e. The Balaban J connectivity index is 2.47. The number of hydrazone groups is 1. The zero-order valence-electron chi connectivity index (χ0n) is 7.46. The Morgan fingerprint density at radius 1 is 1.75 bits per heavy atom. The highest BCUT2D eigenvalue weighted by Gasteiger charge is 2.16. The van der Waals surface area contributed by atoms with Crippen LogP contribution in [0.25, 0.3) is 0 Å². The molecule has 1 saturated heterocycles. The Morgan fingerprint density at radius 3 is 3.08 bits per heavy atom. The topological polar surface area (TPSA) is 50.7 Å².